The fourth-order valence-corrected chi connectivity index (χ4v) is 3.05. The van der Waals surface area contributed by atoms with Gasteiger partial charge in [0.2, 0.25) is 0 Å². The number of hydrogen-bond donors (Lipinski definition) is 1. The van der Waals surface area contributed by atoms with E-state index < -0.39 is 0 Å². The summed E-state index contributed by atoms with van der Waals surface area (Å²) < 4.78 is 0. The van der Waals surface area contributed by atoms with Gasteiger partial charge in [0.15, 0.2) is 0 Å². The van der Waals surface area contributed by atoms with Gasteiger partial charge in [0.1, 0.15) is 0 Å². The summed E-state index contributed by atoms with van der Waals surface area (Å²) in [5, 5.41) is 4.46. The van der Waals surface area contributed by atoms with Crippen LogP contribution in [0.5, 0.6) is 0 Å². The second kappa shape index (κ2) is 6.27. The van der Waals surface area contributed by atoms with Crippen molar-refractivity contribution in [2.45, 2.75) is 44.7 Å². The van der Waals surface area contributed by atoms with Gasteiger partial charge in [-0.2, -0.15) is 0 Å². The van der Waals surface area contributed by atoms with E-state index in [1.807, 2.05) is 12.1 Å². The number of nitrogens with one attached hydrogen (secondary N) is 1. The molecule has 0 bridgehead atoms. The summed E-state index contributed by atoms with van der Waals surface area (Å²) in [5.74, 6) is 1.55. The fourth-order valence-electron chi connectivity index (χ4n) is 2.56. The molecule has 1 saturated carbocycles. The third-order valence-corrected chi connectivity index (χ3v) is 4.83. The van der Waals surface area contributed by atoms with Crippen molar-refractivity contribution in [2.75, 3.05) is 5.88 Å². The molecule has 1 N–H and O–H groups in total. The van der Waals surface area contributed by atoms with Crippen molar-refractivity contribution in [3.63, 3.8) is 0 Å². The zero-order chi connectivity index (χ0) is 13.0. The van der Waals surface area contributed by atoms with Gasteiger partial charge in [-0.05, 0) is 49.3 Å². The molecule has 1 aliphatic rings. The minimum Gasteiger partial charge on any atom is -0.306 e. The number of benzene rings is 1. The van der Waals surface area contributed by atoms with Crippen molar-refractivity contribution in [1.29, 1.82) is 0 Å². The first-order valence-electron chi connectivity index (χ1n) is 6.69. The molecule has 1 aromatic rings. The second-order valence-corrected chi connectivity index (χ2v) is 6.28. The predicted octanol–water partition coefficient (Wildman–Crippen LogP) is 4.62. The Labute approximate surface area is 120 Å². The largest absolute Gasteiger partial charge is 0.306 e. The van der Waals surface area contributed by atoms with E-state index in [-0.39, 0.29) is 5.54 Å². The quantitative estimate of drug-likeness (QED) is 0.796. The molecule has 0 aromatic heterocycles. The maximum absolute atomic E-state index is 6.19. The Morgan fingerprint density at radius 3 is 2.39 bits per heavy atom. The minimum atomic E-state index is 0.133. The van der Waals surface area contributed by atoms with Crippen LogP contribution in [0.2, 0.25) is 5.02 Å². The highest BCUT2D eigenvalue weighted by molar-refractivity contribution is 6.30. The summed E-state index contributed by atoms with van der Waals surface area (Å²) in [6.07, 6.45) is 4.93. The highest BCUT2D eigenvalue weighted by Gasteiger charge is 2.32. The van der Waals surface area contributed by atoms with Gasteiger partial charge in [-0.15, -0.1) is 11.6 Å². The lowest BCUT2D eigenvalue weighted by molar-refractivity contribution is 0.216. The molecule has 0 unspecified atom stereocenters. The molecule has 1 aliphatic carbocycles. The second-order valence-electron chi connectivity index (χ2n) is 5.58. The van der Waals surface area contributed by atoms with E-state index in [1.54, 1.807) is 0 Å². The fraction of sp³-hybridized carbons (Fsp3) is 0.600. The Kier molecular flexibility index (Phi) is 4.94. The van der Waals surface area contributed by atoms with Gasteiger partial charge in [0.05, 0.1) is 0 Å². The molecule has 1 fully saturated rings. The van der Waals surface area contributed by atoms with Crippen molar-refractivity contribution in [3.8, 4) is 0 Å². The van der Waals surface area contributed by atoms with Crippen LogP contribution in [-0.2, 0) is 6.54 Å². The highest BCUT2D eigenvalue weighted by atomic mass is 35.5. The maximum Gasteiger partial charge on any atom is 0.0406 e. The van der Waals surface area contributed by atoms with E-state index in [1.165, 1.54) is 31.2 Å². The summed E-state index contributed by atoms with van der Waals surface area (Å²) >= 11 is 12.1. The van der Waals surface area contributed by atoms with E-state index >= 15 is 0 Å². The van der Waals surface area contributed by atoms with Crippen molar-refractivity contribution in [3.05, 3.63) is 34.9 Å². The molecule has 0 atom stereocenters. The normalized spacial score (nSPS) is 28.3. The van der Waals surface area contributed by atoms with Gasteiger partial charge in [-0.3, -0.25) is 0 Å². The Hall–Kier alpha value is -0.240. The molecule has 0 saturated heterocycles. The third-order valence-electron chi connectivity index (χ3n) is 4.07. The van der Waals surface area contributed by atoms with Crippen LogP contribution < -0.4 is 5.32 Å². The van der Waals surface area contributed by atoms with E-state index in [0.717, 1.165) is 17.5 Å². The van der Waals surface area contributed by atoms with Crippen molar-refractivity contribution in [2.24, 2.45) is 5.92 Å². The Balaban J connectivity index is 1.92. The van der Waals surface area contributed by atoms with Crippen molar-refractivity contribution >= 4 is 23.2 Å². The van der Waals surface area contributed by atoms with E-state index in [0.29, 0.717) is 5.88 Å². The third kappa shape index (κ3) is 3.63. The summed E-state index contributed by atoms with van der Waals surface area (Å²) in [6, 6.07) is 8.02. The molecule has 1 aromatic carbocycles. The van der Waals surface area contributed by atoms with Crippen LogP contribution in [-0.4, -0.2) is 11.4 Å². The molecule has 0 aliphatic heterocycles. The van der Waals surface area contributed by atoms with Gasteiger partial charge < -0.3 is 5.32 Å². The van der Waals surface area contributed by atoms with Crippen molar-refractivity contribution in [1.82, 2.24) is 5.32 Å². The number of rotatable bonds is 4. The summed E-state index contributed by atoms with van der Waals surface area (Å²) in [5.41, 5.74) is 1.40. The topological polar surface area (TPSA) is 12.0 Å². The van der Waals surface area contributed by atoms with Crippen LogP contribution in [0.25, 0.3) is 0 Å². The van der Waals surface area contributed by atoms with E-state index in [4.69, 9.17) is 23.2 Å². The van der Waals surface area contributed by atoms with Gasteiger partial charge in [0, 0.05) is 23.0 Å². The lowest BCUT2D eigenvalue weighted by atomic mass is 9.78. The number of halogens is 2. The number of alkyl halides is 1. The van der Waals surface area contributed by atoms with Gasteiger partial charge in [-0.25, -0.2) is 0 Å². The Bertz CT molecular complexity index is 367. The van der Waals surface area contributed by atoms with E-state index in [2.05, 4.69) is 24.4 Å². The Morgan fingerprint density at radius 1 is 1.22 bits per heavy atom. The van der Waals surface area contributed by atoms with Gasteiger partial charge in [-0.1, -0.05) is 30.7 Å². The average molecular weight is 286 g/mol. The molecule has 1 nitrogen and oxygen atoms in total. The summed E-state index contributed by atoms with van der Waals surface area (Å²) in [6.45, 7) is 3.20. The molecule has 0 amide bonds. The van der Waals surface area contributed by atoms with Crippen LogP contribution in [0.15, 0.2) is 24.3 Å². The van der Waals surface area contributed by atoms with Crippen LogP contribution in [0.3, 0.4) is 0 Å². The molecule has 0 spiro atoms. The zero-order valence-electron chi connectivity index (χ0n) is 10.9. The zero-order valence-corrected chi connectivity index (χ0v) is 12.4. The molecular formula is C15H21Cl2N. The smallest absolute Gasteiger partial charge is 0.0406 e. The van der Waals surface area contributed by atoms with Gasteiger partial charge in [0.25, 0.3) is 0 Å². The number of hydrogen-bond acceptors (Lipinski definition) is 1. The molecule has 2 rings (SSSR count). The molecule has 18 heavy (non-hydrogen) atoms. The predicted molar refractivity (Wildman–Crippen MR) is 79.4 cm³/mol. The molecule has 100 valence electrons. The highest BCUT2D eigenvalue weighted by Crippen LogP contribution is 2.33. The molecule has 0 radical (unpaired) electrons. The first-order valence-corrected chi connectivity index (χ1v) is 7.60. The maximum atomic E-state index is 6.19. The first kappa shape index (κ1) is 14.2. The summed E-state index contributed by atoms with van der Waals surface area (Å²) in [7, 11) is 0. The minimum absolute atomic E-state index is 0.133. The van der Waals surface area contributed by atoms with Crippen LogP contribution in [0.4, 0.5) is 0 Å². The molecular weight excluding hydrogens is 265 g/mol. The van der Waals surface area contributed by atoms with E-state index in [9.17, 15) is 0 Å². The summed E-state index contributed by atoms with van der Waals surface area (Å²) in [4.78, 5) is 0. The first-order chi connectivity index (χ1) is 8.63. The Morgan fingerprint density at radius 2 is 1.83 bits per heavy atom. The monoisotopic (exact) mass is 285 g/mol. The standard InChI is InChI=1S/C15H21Cl2N/c1-12-6-8-15(11-16,9-7-12)18-10-13-2-4-14(17)5-3-13/h2-5,12,18H,6-11H2,1H3. The molecule has 0 heterocycles. The van der Waals surface area contributed by atoms with Crippen LogP contribution in [0.1, 0.15) is 38.2 Å². The molecule has 3 heteroatoms. The average Bonchev–Trinajstić information content (AvgIpc) is 2.41. The SMILES string of the molecule is CC1CCC(CCl)(NCc2ccc(Cl)cc2)CC1. The van der Waals surface area contributed by atoms with Crippen LogP contribution in [0, 0.1) is 5.92 Å². The van der Waals surface area contributed by atoms with Crippen LogP contribution >= 0.6 is 23.2 Å². The lowest BCUT2D eigenvalue weighted by Crippen LogP contribution is -2.49. The van der Waals surface area contributed by atoms with Crippen molar-refractivity contribution < 1.29 is 0 Å². The van der Waals surface area contributed by atoms with Gasteiger partial charge >= 0.3 is 0 Å². The lowest BCUT2D eigenvalue weighted by Gasteiger charge is -2.39.